The molecule has 1 fully saturated rings. The molecule has 2 atom stereocenters. The van der Waals surface area contributed by atoms with Crippen LogP contribution in [0.1, 0.15) is 33.6 Å². The molecule has 1 aliphatic heterocycles. The summed E-state index contributed by atoms with van der Waals surface area (Å²) in [6, 6.07) is 0.673. The molecular formula is C14H30N2O. The third-order valence-corrected chi connectivity index (χ3v) is 3.34. The van der Waals surface area contributed by atoms with Gasteiger partial charge in [0.25, 0.3) is 0 Å². The average Bonchev–Trinajstić information content (AvgIpc) is 2.42. The first-order valence-electron chi connectivity index (χ1n) is 7.06. The number of nitrogens with zero attached hydrogens (tertiary/aromatic N) is 1. The fraction of sp³-hybridized carbons (Fsp3) is 1.00. The topological polar surface area (TPSA) is 24.5 Å². The van der Waals surface area contributed by atoms with Gasteiger partial charge in [0.1, 0.15) is 0 Å². The summed E-state index contributed by atoms with van der Waals surface area (Å²) in [7, 11) is 1.79. The van der Waals surface area contributed by atoms with Gasteiger partial charge in [-0.05, 0) is 37.8 Å². The molecule has 17 heavy (non-hydrogen) atoms. The maximum atomic E-state index is 5.23. The van der Waals surface area contributed by atoms with Gasteiger partial charge in [-0.1, -0.05) is 20.8 Å². The van der Waals surface area contributed by atoms with Gasteiger partial charge in [0.2, 0.25) is 0 Å². The highest BCUT2D eigenvalue weighted by Gasteiger charge is 2.19. The van der Waals surface area contributed by atoms with E-state index in [9.17, 15) is 0 Å². The minimum atomic E-state index is 0.637. The van der Waals surface area contributed by atoms with E-state index in [4.69, 9.17) is 4.74 Å². The number of rotatable bonds is 6. The van der Waals surface area contributed by atoms with Crippen LogP contribution in [0.4, 0.5) is 0 Å². The van der Waals surface area contributed by atoms with Crippen LogP contribution in [0.2, 0.25) is 0 Å². The number of hydrogen-bond acceptors (Lipinski definition) is 3. The van der Waals surface area contributed by atoms with Gasteiger partial charge in [-0.2, -0.15) is 0 Å². The Hall–Kier alpha value is -0.120. The molecular weight excluding hydrogens is 212 g/mol. The van der Waals surface area contributed by atoms with Crippen LogP contribution in [-0.4, -0.2) is 50.8 Å². The Morgan fingerprint density at radius 3 is 2.76 bits per heavy atom. The Labute approximate surface area is 107 Å². The molecule has 0 saturated carbocycles. The molecule has 0 aliphatic carbocycles. The number of ether oxygens (including phenoxy) is 1. The Kier molecular flexibility index (Phi) is 7.09. The normalized spacial score (nSPS) is 24.9. The van der Waals surface area contributed by atoms with Gasteiger partial charge in [-0.3, -0.25) is 0 Å². The van der Waals surface area contributed by atoms with Crippen molar-refractivity contribution in [2.24, 2.45) is 11.8 Å². The smallest absolute Gasteiger partial charge is 0.0500 e. The molecule has 3 nitrogen and oxygen atoms in total. The zero-order valence-corrected chi connectivity index (χ0v) is 12.0. The van der Waals surface area contributed by atoms with Crippen molar-refractivity contribution >= 4 is 0 Å². The van der Waals surface area contributed by atoms with Crippen LogP contribution in [0.5, 0.6) is 0 Å². The van der Waals surface area contributed by atoms with Crippen LogP contribution >= 0.6 is 0 Å². The van der Waals surface area contributed by atoms with Crippen LogP contribution in [0.25, 0.3) is 0 Å². The highest BCUT2D eigenvalue weighted by atomic mass is 16.5. The highest BCUT2D eigenvalue weighted by molar-refractivity contribution is 4.78. The molecule has 0 spiro atoms. The zero-order valence-electron chi connectivity index (χ0n) is 12.0. The monoisotopic (exact) mass is 242 g/mol. The first-order valence-corrected chi connectivity index (χ1v) is 7.06. The molecule has 0 aromatic rings. The zero-order chi connectivity index (χ0) is 12.7. The van der Waals surface area contributed by atoms with E-state index < -0.39 is 0 Å². The fourth-order valence-electron chi connectivity index (χ4n) is 2.75. The molecule has 0 aromatic heterocycles. The van der Waals surface area contributed by atoms with Crippen LogP contribution in [0.3, 0.4) is 0 Å². The Morgan fingerprint density at radius 2 is 2.12 bits per heavy atom. The minimum absolute atomic E-state index is 0.637. The second-order valence-electron chi connectivity index (χ2n) is 5.95. The van der Waals surface area contributed by atoms with E-state index in [1.165, 1.54) is 39.0 Å². The summed E-state index contributed by atoms with van der Waals surface area (Å²) in [4.78, 5) is 2.61. The van der Waals surface area contributed by atoms with Crippen molar-refractivity contribution in [2.45, 2.75) is 39.7 Å². The molecule has 1 aliphatic rings. The minimum Gasteiger partial charge on any atom is -0.384 e. The van der Waals surface area contributed by atoms with Crippen molar-refractivity contribution in [3.8, 4) is 0 Å². The van der Waals surface area contributed by atoms with Crippen LogP contribution in [-0.2, 0) is 4.74 Å². The number of methoxy groups -OCH3 is 1. The molecule has 1 N–H and O–H groups in total. The van der Waals surface area contributed by atoms with Gasteiger partial charge >= 0.3 is 0 Å². The maximum absolute atomic E-state index is 5.23. The molecule has 0 bridgehead atoms. The van der Waals surface area contributed by atoms with E-state index in [0.717, 1.165) is 12.5 Å². The molecule has 3 heteroatoms. The lowest BCUT2D eigenvalue weighted by Gasteiger charge is -2.27. The van der Waals surface area contributed by atoms with Gasteiger partial charge in [0.05, 0.1) is 0 Å². The first kappa shape index (κ1) is 14.9. The Morgan fingerprint density at radius 1 is 1.35 bits per heavy atom. The van der Waals surface area contributed by atoms with E-state index >= 15 is 0 Å². The number of nitrogens with one attached hydrogen (secondary N) is 1. The van der Waals surface area contributed by atoms with Crippen LogP contribution < -0.4 is 5.32 Å². The SMILES string of the molecule is COCC(C)CN1CCCNC(CC(C)C)C1. The molecule has 1 rings (SSSR count). The van der Waals surface area contributed by atoms with Gasteiger partial charge in [-0.15, -0.1) is 0 Å². The molecule has 0 aromatic carbocycles. The molecule has 0 radical (unpaired) electrons. The summed E-state index contributed by atoms with van der Waals surface area (Å²) in [6.45, 7) is 12.5. The van der Waals surface area contributed by atoms with Crippen molar-refractivity contribution in [1.82, 2.24) is 10.2 Å². The first-order chi connectivity index (χ1) is 8.11. The van der Waals surface area contributed by atoms with Crippen molar-refractivity contribution in [3.63, 3.8) is 0 Å². The summed E-state index contributed by atoms with van der Waals surface area (Å²) >= 11 is 0. The second kappa shape index (κ2) is 8.06. The van der Waals surface area contributed by atoms with E-state index in [1.54, 1.807) is 7.11 Å². The lowest BCUT2D eigenvalue weighted by molar-refractivity contribution is 0.127. The van der Waals surface area contributed by atoms with Gasteiger partial charge in [-0.25, -0.2) is 0 Å². The predicted octanol–water partition coefficient (Wildman–Crippen LogP) is 1.98. The summed E-state index contributed by atoms with van der Waals surface area (Å²) in [5.74, 6) is 1.42. The third-order valence-electron chi connectivity index (χ3n) is 3.34. The average molecular weight is 242 g/mol. The molecule has 2 unspecified atom stereocenters. The second-order valence-corrected chi connectivity index (χ2v) is 5.95. The summed E-state index contributed by atoms with van der Waals surface area (Å²) in [6.07, 6.45) is 2.56. The summed E-state index contributed by atoms with van der Waals surface area (Å²) < 4.78 is 5.23. The summed E-state index contributed by atoms with van der Waals surface area (Å²) in [5, 5.41) is 3.68. The summed E-state index contributed by atoms with van der Waals surface area (Å²) in [5.41, 5.74) is 0. The van der Waals surface area contributed by atoms with E-state index in [-0.39, 0.29) is 0 Å². The van der Waals surface area contributed by atoms with Gasteiger partial charge < -0.3 is 15.0 Å². The quantitative estimate of drug-likeness (QED) is 0.771. The van der Waals surface area contributed by atoms with E-state index in [2.05, 4.69) is 31.0 Å². The molecule has 1 saturated heterocycles. The standard InChI is InChI=1S/C14H30N2O/c1-12(2)8-14-10-16(7-5-6-15-14)9-13(3)11-17-4/h12-15H,5-11H2,1-4H3. The van der Waals surface area contributed by atoms with Crippen molar-refractivity contribution < 1.29 is 4.74 Å². The van der Waals surface area contributed by atoms with E-state index in [0.29, 0.717) is 12.0 Å². The Balaban J connectivity index is 2.37. The fourth-order valence-corrected chi connectivity index (χ4v) is 2.75. The van der Waals surface area contributed by atoms with Crippen LogP contribution in [0.15, 0.2) is 0 Å². The van der Waals surface area contributed by atoms with Crippen molar-refractivity contribution in [1.29, 1.82) is 0 Å². The largest absolute Gasteiger partial charge is 0.384 e. The van der Waals surface area contributed by atoms with E-state index in [1.807, 2.05) is 0 Å². The maximum Gasteiger partial charge on any atom is 0.0500 e. The van der Waals surface area contributed by atoms with Crippen LogP contribution in [0, 0.1) is 11.8 Å². The van der Waals surface area contributed by atoms with Gasteiger partial charge in [0, 0.05) is 32.8 Å². The van der Waals surface area contributed by atoms with Crippen molar-refractivity contribution in [3.05, 3.63) is 0 Å². The van der Waals surface area contributed by atoms with Crippen molar-refractivity contribution in [2.75, 3.05) is 39.9 Å². The Bertz CT molecular complexity index is 197. The highest BCUT2D eigenvalue weighted by Crippen LogP contribution is 2.11. The van der Waals surface area contributed by atoms with Gasteiger partial charge in [0.15, 0.2) is 0 Å². The molecule has 1 heterocycles. The number of hydrogen-bond donors (Lipinski definition) is 1. The lowest BCUT2D eigenvalue weighted by Crippen LogP contribution is -2.40. The lowest BCUT2D eigenvalue weighted by atomic mass is 10.0. The molecule has 102 valence electrons. The third kappa shape index (κ3) is 6.39. The predicted molar refractivity (Wildman–Crippen MR) is 73.3 cm³/mol. The molecule has 0 amide bonds.